The molecular formula is C24H24N2O6. The number of carbonyl (C=O) groups is 5. The van der Waals surface area contributed by atoms with Crippen LogP contribution in [0.2, 0.25) is 0 Å². The number of ketones is 2. The minimum absolute atomic E-state index is 0.0269. The molecular weight excluding hydrogens is 412 g/mol. The van der Waals surface area contributed by atoms with E-state index in [9.17, 15) is 24.0 Å². The third kappa shape index (κ3) is 4.59. The van der Waals surface area contributed by atoms with Crippen LogP contribution in [0.15, 0.2) is 42.5 Å². The van der Waals surface area contributed by atoms with E-state index >= 15 is 0 Å². The second-order valence-corrected chi connectivity index (χ2v) is 7.60. The van der Waals surface area contributed by atoms with Crippen LogP contribution < -0.4 is 10.1 Å². The molecule has 0 fully saturated rings. The molecule has 166 valence electrons. The molecule has 8 nitrogen and oxygen atoms in total. The van der Waals surface area contributed by atoms with Crippen LogP contribution in [0.3, 0.4) is 0 Å². The summed E-state index contributed by atoms with van der Waals surface area (Å²) in [5.41, 5.74) is 1.24. The Morgan fingerprint density at radius 2 is 1.69 bits per heavy atom. The van der Waals surface area contributed by atoms with E-state index in [2.05, 4.69) is 5.32 Å². The molecule has 0 saturated carbocycles. The van der Waals surface area contributed by atoms with Gasteiger partial charge in [0.25, 0.3) is 17.7 Å². The van der Waals surface area contributed by atoms with Crippen molar-refractivity contribution in [1.29, 1.82) is 0 Å². The quantitative estimate of drug-likeness (QED) is 0.605. The number of nitrogens with zero attached hydrogens (tertiary/aromatic N) is 1. The van der Waals surface area contributed by atoms with Crippen molar-refractivity contribution in [3.63, 3.8) is 0 Å². The van der Waals surface area contributed by atoms with Gasteiger partial charge in [0.15, 0.2) is 5.78 Å². The normalized spacial score (nSPS) is 13.5. The number of fused-ring (bicyclic) bond motifs is 1. The molecule has 0 aromatic heterocycles. The number of carbonyl (C=O) groups excluding carboxylic acids is 5. The van der Waals surface area contributed by atoms with E-state index in [1.165, 1.54) is 27.0 Å². The van der Waals surface area contributed by atoms with Crippen LogP contribution in [0.25, 0.3) is 0 Å². The maximum atomic E-state index is 13.1. The van der Waals surface area contributed by atoms with Gasteiger partial charge in [-0.1, -0.05) is 12.1 Å². The molecule has 0 bridgehead atoms. The first-order valence-corrected chi connectivity index (χ1v) is 10.2. The molecule has 3 amide bonds. The Kier molecular flexibility index (Phi) is 6.82. The van der Waals surface area contributed by atoms with Gasteiger partial charge in [-0.25, -0.2) is 0 Å². The van der Waals surface area contributed by atoms with Gasteiger partial charge in [0.1, 0.15) is 11.5 Å². The second kappa shape index (κ2) is 9.55. The van der Waals surface area contributed by atoms with Crippen molar-refractivity contribution in [1.82, 2.24) is 10.2 Å². The summed E-state index contributed by atoms with van der Waals surface area (Å²) >= 11 is 0. The van der Waals surface area contributed by atoms with Gasteiger partial charge in [0, 0.05) is 18.5 Å². The van der Waals surface area contributed by atoms with Crippen LogP contribution in [0.4, 0.5) is 0 Å². The molecule has 1 atom stereocenters. The number of nitrogens with one attached hydrogen (secondary N) is 1. The maximum Gasteiger partial charge on any atom is 0.262 e. The van der Waals surface area contributed by atoms with Gasteiger partial charge >= 0.3 is 0 Å². The van der Waals surface area contributed by atoms with Crippen molar-refractivity contribution < 1.29 is 28.7 Å². The molecule has 1 aliphatic heterocycles. The van der Waals surface area contributed by atoms with Crippen LogP contribution >= 0.6 is 0 Å². The number of hydrogen-bond acceptors (Lipinski definition) is 6. The molecule has 0 saturated heterocycles. The molecule has 2 aromatic rings. The first-order valence-electron chi connectivity index (χ1n) is 10.2. The summed E-state index contributed by atoms with van der Waals surface area (Å²) in [4.78, 5) is 63.0. The Bertz CT molecular complexity index is 1090. The summed E-state index contributed by atoms with van der Waals surface area (Å²) in [5, 5.41) is 2.75. The summed E-state index contributed by atoms with van der Waals surface area (Å²) in [6, 6.07) is 10.4. The molecule has 0 aliphatic carbocycles. The zero-order valence-electron chi connectivity index (χ0n) is 18.1. The van der Waals surface area contributed by atoms with E-state index in [1.807, 2.05) is 0 Å². The Morgan fingerprint density at radius 1 is 1.00 bits per heavy atom. The SMILES string of the molecule is COc1ccc(C(=O)NCc2cccc3c2C(=O)N(C(CCC(C)=O)C(C)=O)C3=O)cc1. The van der Waals surface area contributed by atoms with Gasteiger partial charge in [-0.05, 0) is 56.2 Å². The lowest BCUT2D eigenvalue weighted by Crippen LogP contribution is -2.44. The van der Waals surface area contributed by atoms with Crippen LogP contribution in [0.5, 0.6) is 5.75 Å². The average molecular weight is 436 g/mol. The summed E-state index contributed by atoms with van der Waals surface area (Å²) in [6.45, 7) is 2.71. The van der Waals surface area contributed by atoms with Crippen LogP contribution in [-0.4, -0.2) is 47.3 Å². The first kappa shape index (κ1) is 22.9. The lowest BCUT2D eigenvalue weighted by atomic mass is 10.0. The van der Waals surface area contributed by atoms with Crippen molar-refractivity contribution in [2.45, 2.75) is 39.3 Å². The molecule has 2 aromatic carbocycles. The molecule has 1 N–H and O–H groups in total. The van der Waals surface area contributed by atoms with Crippen LogP contribution in [0.1, 0.15) is 63.3 Å². The minimum atomic E-state index is -1.01. The van der Waals surface area contributed by atoms with Crippen LogP contribution in [0, 0.1) is 0 Å². The second-order valence-electron chi connectivity index (χ2n) is 7.60. The smallest absolute Gasteiger partial charge is 0.262 e. The largest absolute Gasteiger partial charge is 0.497 e. The molecule has 8 heteroatoms. The number of ether oxygens (including phenoxy) is 1. The lowest BCUT2D eigenvalue weighted by molar-refractivity contribution is -0.121. The third-order valence-corrected chi connectivity index (χ3v) is 5.38. The highest BCUT2D eigenvalue weighted by atomic mass is 16.5. The van der Waals surface area contributed by atoms with Gasteiger partial charge < -0.3 is 14.8 Å². The van der Waals surface area contributed by atoms with E-state index in [4.69, 9.17) is 4.74 Å². The van der Waals surface area contributed by atoms with E-state index in [0.717, 1.165) is 4.90 Å². The van der Waals surface area contributed by atoms with E-state index in [0.29, 0.717) is 16.9 Å². The monoisotopic (exact) mass is 436 g/mol. The predicted octanol–water partition coefficient (Wildman–Crippen LogP) is 2.55. The van der Waals surface area contributed by atoms with Gasteiger partial charge in [0.05, 0.1) is 24.3 Å². The standard InChI is InChI=1S/C24H24N2O6/c1-14(27)7-12-20(15(2)28)26-23(30)19-6-4-5-17(21(19)24(26)31)13-25-22(29)16-8-10-18(32-3)11-9-16/h4-6,8-11,20H,7,12-13H2,1-3H3,(H,25,29). The summed E-state index contributed by atoms with van der Waals surface area (Å²) in [5.74, 6) is -1.39. The molecule has 1 heterocycles. The number of rotatable bonds is 9. The number of benzene rings is 2. The Labute approximate surface area is 185 Å². The minimum Gasteiger partial charge on any atom is -0.497 e. The molecule has 0 spiro atoms. The lowest BCUT2D eigenvalue weighted by Gasteiger charge is -2.23. The Morgan fingerprint density at radius 3 is 2.28 bits per heavy atom. The van der Waals surface area contributed by atoms with E-state index in [-0.39, 0.29) is 48.0 Å². The Hall–Kier alpha value is -3.81. The number of Topliss-reactive ketones (excluding diaryl/α,β-unsaturated/α-hetero) is 2. The molecule has 0 radical (unpaired) electrons. The van der Waals surface area contributed by atoms with Gasteiger partial charge in [-0.15, -0.1) is 0 Å². The topological polar surface area (TPSA) is 110 Å². The maximum absolute atomic E-state index is 13.1. The highest BCUT2D eigenvalue weighted by molar-refractivity contribution is 6.23. The van der Waals surface area contributed by atoms with Crippen molar-refractivity contribution in [2.24, 2.45) is 0 Å². The average Bonchev–Trinajstić information content (AvgIpc) is 3.03. The summed E-state index contributed by atoms with van der Waals surface area (Å²) < 4.78 is 5.08. The fourth-order valence-electron chi connectivity index (χ4n) is 3.68. The molecule has 1 unspecified atom stereocenters. The molecule has 1 aliphatic rings. The fraction of sp³-hybridized carbons (Fsp3) is 0.292. The van der Waals surface area contributed by atoms with Crippen LogP contribution in [-0.2, 0) is 16.1 Å². The molecule has 32 heavy (non-hydrogen) atoms. The number of methoxy groups -OCH3 is 1. The first-order chi connectivity index (χ1) is 15.2. The van der Waals surface area contributed by atoms with Crippen molar-refractivity contribution in [3.05, 3.63) is 64.7 Å². The number of hydrogen-bond donors (Lipinski definition) is 1. The number of imide groups is 1. The zero-order valence-corrected chi connectivity index (χ0v) is 18.1. The zero-order chi connectivity index (χ0) is 23.4. The van der Waals surface area contributed by atoms with Gasteiger partial charge in [0.2, 0.25) is 0 Å². The fourth-order valence-corrected chi connectivity index (χ4v) is 3.68. The van der Waals surface area contributed by atoms with E-state index in [1.54, 1.807) is 36.4 Å². The van der Waals surface area contributed by atoms with Crippen molar-refractivity contribution >= 4 is 29.3 Å². The van der Waals surface area contributed by atoms with Crippen molar-refractivity contribution in [2.75, 3.05) is 7.11 Å². The summed E-state index contributed by atoms with van der Waals surface area (Å²) in [6.07, 6.45) is 0.169. The number of amides is 3. The predicted molar refractivity (Wildman–Crippen MR) is 115 cm³/mol. The Balaban J connectivity index is 1.81. The molecule has 3 rings (SSSR count). The highest BCUT2D eigenvalue weighted by Gasteiger charge is 2.42. The van der Waals surface area contributed by atoms with Gasteiger partial charge in [-0.3, -0.25) is 24.1 Å². The van der Waals surface area contributed by atoms with Gasteiger partial charge in [-0.2, -0.15) is 0 Å². The third-order valence-electron chi connectivity index (χ3n) is 5.38. The highest BCUT2D eigenvalue weighted by Crippen LogP contribution is 2.29. The summed E-state index contributed by atoms with van der Waals surface area (Å²) in [7, 11) is 1.53. The van der Waals surface area contributed by atoms with Crippen molar-refractivity contribution in [3.8, 4) is 5.75 Å². The van der Waals surface area contributed by atoms with E-state index < -0.39 is 17.9 Å².